The van der Waals surface area contributed by atoms with Gasteiger partial charge in [-0.05, 0) is 42.7 Å². The third kappa shape index (κ3) is 3.82. The zero-order valence-electron chi connectivity index (χ0n) is 11.1. The molecule has 0 aliphatic heterocycles. The van der Waals surface area contributed by atoms with Crippen molar-refractivity contribution in [1.29, 1.82) is 0 Å². The van der Waals surface area contributed by atoms with Crippen LogP contribution in [0.4, 0.5) is 0 Å². The molecule has 3 heteroatoms. The van der Waals surface area contributed by atoms with Crippen molar-refractivity contribution in [3.05, 3.63) is 68.7 Å². The second-order valence-electron chi connectivity index (χ2n) is 4.71. The molecule has 0 radical (unpaired) electrons. The van der Waals surface area contributed by atoms with Crippen LogP contribution in [0.2, 0.25) is 5.02 Å². The molecule has 0 spiro atoms. The molecule has 2 rings (SSSR count). The van der Waals surface area contributed by atoms with Gasteiger partial charge in [-0.1, -0.05) is 57.9 Å². The van der Waals surface area contributed by atoms with Gasteiger partial charge in [0.15, 0.2) is 0 Å². The Morgan fingerprint density at radius 1 is 1.21 bits per heavy atom. The van der Waals surface area contributed by atoms with Crippen LogP contribution in [0.5, 0.6) is 0 Å². The van der Waals surface area contributed by atoms with Gasteiger partial charge in [-0.25, -0.2) is 0 Å². The maximum atomic E-state index is 6.20. The maximum Gasteiger partial charge on any atom is 0.0453 e. The third-order valence-electron chi connectivity index (χ3n) is 3.22. The zero-order chi connectivity index (χ0) is 13.8. The number of nitrogens with one attached hydrogen (secondary N) is 1. The molecule has 19 heavy (non-hydrogen) atoms. The summed E-state index contributed by atoms with van der Waals surface area (Å²) in [5, 5.41) is 4.31. The number of benzene rings is 2. The summed E-state index contributed by atoms with van der Waals surface area (Å²) < 4.78 is 1.15. The molecule has 0 fully saturated rings. The normalized spacial score (nSPS) is 12.4. The molecule has 2 aromatic rings. The lowest BCUT2D eigenvalue weighted by molar-refractivity contribution is 0.575. The fourth-order valence-corrected chi connectivity index (χ4v) is 2.68. The highest BCUT2D eigenvalue weighted by Gasteiger charge is 2.08. The molecule has 0 aromatic heterocycles. The summed E-state index contributed by atoms with van der Waals surface area (Å²) in [6, 6.07) is 14.6. The van der Waals surface area contributed by atoms with Crippen molar-refractivity contribution in [2.45, 2.75) is 26.4 Å². The highest BCUT2D eigenvalue weighted by Crippen LogP contribution is 2.23. The average molecular weight is 339 g/mol. The Morgan fingerprint density at radius 3 is 2.63 bits per heavy atom. The largest absolute Gasteiger partial charge is 0.306 e. The second-order valence-corrected chi connectivity index (χ2v) is 5.97. The van der Waals surface area contributed by atoms with Crippen LogP contribution in [-0.4, -0.2) is 0 Å². The molecule has 0 amide bonds. The molecular weight excluding hydrogens is 322 g/mol. The SMILES string of the molecule is Cc1ccc(CN[C@H](C)c2ccccc2Cl)cc1Br. The summed E-state index contributed by atoms with van der Waals surface area (Å²) in [6.07, 6.45) is 0. The molecule has 0 aliphatic carbocycles. The monoisotopic (exact) mass is 337 g/mol. The van der Waals surface area contributed by atoms with Gasteiger partial charge in [0, 0.05) is 22.1 Å². The van der Waals surface area contributed by atoms with E-state index in [4.69, 9.17) is 11.6 Å². The minimum absolute atomic E-state index is 0.230. The molecule has 0 heterocycles. The minimum Gasteiger partial charge on any atom is -0.306 e. The van der Waals surface area contributed by atoms with Crippen molar-refractivity contribution in [3.8, 4) is 0 Å². The Labute approximate surface area is 128 Å². The number of hydrogen-bond donors (Lipinski definition) is 1. The van der Waals surface area contributed by atoms with Gasteiger partial charge in [-0.3, -0.25) is 0 Å². The van der Waals surface area contributed by atoms with Gasteiger partial charge in [0.05, 0.1) is 0 Å². The third-order valence-corrected chi connectivity index (χ3v) is 4.42. The van der Waals surface area contributed by atoms with Gasteiger partial charge in [0.1, 0.15) is 0 Å². The Kier molecular flexibility index (Phi) is 5.03. The van der Waals surface area contributed by atoms with E-state index in [9.17, 15) is 0 Å². The first kappa shape index (κ1) is 14.6. The van der Waals surface area contributed by atoms with Crippen LogP contribution < -0.4 is 5.32 Å². The lowest BCUT2D eigenvalue weighted by Crippen LogP contribution is -2.18. The lowest BCUT2D eigenvalue weighted by atomic mass is 10.1. The fraction of sp³-hybridized carbons (Fsp3) is 0.250. The predicted octanol–water partition coefficient (Wildman–Crippen LogP) is 5.26. The van der Waals surface area contributed by atoms with Crippen LogP contribution in [0.1, 0.15) is 29.7 Å². The molecule has 0 saturated heterocycles. The first-order valence-corrected chi connectivity index (χ1v) is 7.48. The van der Waals surface area contributed by atoms with E-state index in [-0.39, 0.29) is 6.04 Å². The summed E-state index contributed by atoms with van der Waals surface area (Å²) in [6.45, 7) is 5.05. The Balaban J connectivity index is 2.02. The Morgan fingerprint density at radius 2 is 1.95 bits per heavy atom. The molecule has 0 aliphatic rings. The molecule has 1 nitrogen and oxygen atoms in total. The number of aryl methyl sites for hydroxylation is 1. The topological polar surface area (TPSA) is 12.0 Å². The molecule has 1 atom stereocenters. The smallest absolute Gasteiger partial charge is 0.0453 e. The van der Waals surface area contributed by atoms with Crippen LogP contribution in [0, 0.1) is 6.92 Å². The summed E-state index contributed by atoms with van der Waals surface area (Å²) >= 11 is 9.76. The number of hydrogen-bond acceptors (Lipinski definition) is 1. The minimum atomic E-state index is 0.230. The maximum absolute atomic E-state index is 6.20. The van der Waals surface area contributed by atoms with Crippen LogP contribution in [0.25, 0.3) is 0 Å². The predicted molar refractivity (Wildman–Crippen MR) is 85.6 cm³/mol. The second kappa shape index (κ2) is 6.56. The van der Waals surface area contributed by atoms with Gasteiger partial charge in [0.2, 0.25) is 0 Å². The molecular formula is C16H17BrClN. The van der Waals surface area contributed by atoms with E-state index in [1.807, 2.05) is 18.2 Å². The van der Waals surface area contributed by atoms with E-state index in [1.54, 1.807) is 0 Å². The zero-order valence-corrected chi connectivity index (χ0v) is 13.4. The summed E-state index contributed by atoms with van der Waals surface area (Å²) in [7, 11) is 0. The first-order valence-electron chi connectivity index (χ1n) is 6.31. The van der Waals surface area contributed by atoms with Crippen molar-refractivity contribution < 1.29 is 0 Å². The Bertz CT molecular complexity index is 568. The molecule has 1 N–H and O–H groups in total. The van der Waals surface area contributed by atoms with Crippen LogP contribution >= 0.6 is 27.5 Å². The van der Waals surface area contributed by atoms with Crippen LogP contribution in [0.3, 0.4) is 0 Å². The van der Waals surface area contributed by atoms with Crippen molar-refractivity contribution in [2.75, 3.05) is 0 Å². The van der Waals surface area contributed by atoms with E-state index in [0.717, 1.165) is 21.6 Å². The quantitative estimate of drug-likeness (QED) is 0.801. The van der Waals surface area contributed by atoms with E-state index < -0.39 is 0 Å². The molecule has 0 unspecified atom stereocenters. The summed E-state index contributed by atoms with van der Waals surface area (Å²) in [4.78, 5) is 0. The van der Waals surface area contributed by atoms with Gasteiger partial charge in [0.25, 0.3) is 0 Å². The molecule has 0 bridgehead atoms. The van der Waals surface area contributed by atoms with Crippen LogP contribution in [0.15, 0.2) is 46.9 Å². The van der Waals surface area contributed by atoms with Crippen molar-refractivity contribution in [1.82, 2.24) is 5.32 Å². The van der Waals surface area contributed by atoms with E-state index in [2.05, 4.69) is 59.4 Å². The lowest BCUT2D eigenvalue weighted by Gasteiger charge is -2.16. The molecule has 2 aromatic carbocycles. The van der Waals surface area contributed by atoms with Gasteiger partial charge < -0.3 is 5.32 Å². The van der Waals surface area contributed by atoms with E-state index in [0.29, 0.717) is 0 Å². The van der Waals surface area contributed by atoms with E-state index >= 15 is 0 Å². The number of rotatable bonds is 4. The molecule has 100 valence electrons. The van der Waals surface area contributed by atoms with E-state index in [1.165, 1.54) is 11.1 Å². The number of halogens is 2. The Hall–Kier alpha value is -0.830. The highest BCUT2D eigenvalue weighted by atomic mass is 79.9. The molecule has 0 saturated carbocycles. The summed E-state index contributed by atoms with van der Waals surface area (Å²) in [5.74, 6) is 0. The van der Waals surface area contributed by atoms with Gasteiger partial charge in [-0.15, -0.1) is 0 Å². The van der Waals surface area contributed by atoms with Crippen molar-refractivity contribution >= 4 is 27.5 Å². The fourth-order valence-electron chi connectivity index (χ4n) is 1.95. The van der Waals surface area contributed by atoms with Crippen LogP contribution in [-0.2, 0) is 6.54 Å². The standard InChI is InChI=1S/C16H17BrClN/c1-11-7-8-13(9-15(11)17)10-19-12(2)14-5-3-4-6-16(14)18/h3-9,12,19H,10H2,1-2H3/t12-/m1/s1. The average Bonchev–Trinajstić information content (AvgIpc) is 2.40. The summed E-state index contributed by atoms with van der Waals surface area (Å²) in [5.41, 5.74) is 3.65. The van der Waals surface area contributed by atoms with Gasteiger partial charge in [-0.2, -0.15) is 0 Å². The highest BCUT2D eigenvalue weighted by molar-refractivity contribution is 9.10. The first-order chi connectivity index (χ1) is 9.08. The van der Waals surface area contributed by atoms with Crippen molar-refractivity contribution in [2.24, 2.45) is 0 Å². The van der Waals surface area contributed by atoms with Crippen molar-refractivity contribution in [3.63, 3.8) is 0 Å². The van der Waals surface area contributed by atoms with Gasteiger partial charge >= 0.3 is 0 Å².